The summed E-state index contributed by atoms with van der Waals surface area (Å²) in [5.41, 5.74) is 4.26. The highest BCUT2D eigenvalue weighted by molar-refractivity contribution is 6.04. The summed E-state index contributed by atoms with van der Waals surface area (Å²) in [6.45, 7) is 1.84. The molecule has 3 N–H and O–H groups in total. The Kier molecular flexibility index (Phi) is 6.98. The van der Waals surface area contributed by atoms with Crippen LogP contribution >= 0.6 is 0 Å². The molecule has 1 aliphatic heterocycles. The number of nitrogens with one attached hydrogen (secondary N) is 3. The Morgan fingerprint density at radius 2 is 1.43 bits per heavy atom. The van der Waals surface area contributed by atoms with Crippen LogP contribution in [0.4, 0.5) is 21.9 Å². The van der Waals surface area contributed by atoms with Gasteiger partial charge < -0.3 is 20.9 Å². The molecule has 2 fully saturated rings. The third-order valence-electron chi connectivity index (χ3n) is 6.77. The number of hydrogen-bond acceptors (Lipinski definition) is 3. The van der Waals surface area contributed by atoms with Crippen molar-refractivity contribution in [3.05, 3.63) is 90.0 Å². The van der Waals surface area contributed by atoms with Crippen molar-refractivity contribution >= 4 is 29.0 Å². The molecule has 1 saturated carbocycles. The maximum absolute atomic E-state index is 13.1. The number of carbonyl (C=O) groups is 2. The molecule has 1 aliphatic carbocycles. The van der Waals surface area contributed by atoms with Crippen molar-refractivity contribution in [1.82, 2.24) is 5.32 Å². The van der Waals surface area contributed by atoms with Gasteiger partial charge in [-0.3, -0.25) is 4.79 Å². The van der Waals surface area contributed by atoms with Crippen LogP contribution in [-0.4, -0.2) is 31.1 Å². The first-order valence-corrected chi connectivity index (χ1v) is 12.5. The highest BCUT2D eigenvalue weighted by atomic mass is 16.2. The van der Waals surface area contributed by atoms with E-state index < -0.39 is 0 Å². The lowest BCUT2D eigenvalue weighted by molar-refractivity contribution is 0.0951. The topological polar surface area (TPSA) is 73.5 Å². The van der Waals surface area contributed by atoms with Gasteiger partial charge in [-0.25, -0.2) is 4.79 Å². The minimum atomic E-state index is -0.334. The third-order valence-corrected chi connectivity index (χ3v) is 6.77. The first kappa shape index (κ1) is 23.0. The molecule has 1 saturated heterocycles. The van der Waals surface area contributed by atoms with Crippen LogP contribution in [0, 0.1) is 5.92 Å². The second-order valence-electron chi connectivity index (χ2n) is 9.54. The number of carbonyl (C=O) groups excluding carboxylic acids is 2. The Bertz CT molecular complexity index is 1150. The van der Waals surface area contributed by atoms with E-state index in [1.54, 1.807) is 6.07 Å². The molecule has 0 aromatic heterocycles. The molecule has 35 heavy (non-hydrogen) atoms. The first-order valence-electron chi connectivity index (χ1n) is 12.5. The number of nitrogens with zero attached hydrogens (tertiary/aromatic N) is 1. The van der Waals surface area contributed by atoms with Gasteiger partial charge in [0.05, 0.1) is 5.56 Å². The molecule has 6 nitrogen and oxygen atoms in total. The van der Waals surface area contributed by atoms with Gasteiger partial charge in [-0.2, -0.15) is 0 Å². The van der Waals surface area contributed by atoms with Crippen molar-refractivity contribution in [2.45, 2.75) is 38.1 Å². The molecule has 180 valence electrons. The maximum Gasteiger partial charge on any atom is 0.323 e. The van der Waals surface area contributed by atoms with Crippen LogP contribution in [0.5, 0.6) is 0 Å². The minimum Gasteiger partial charge on any atom is -0.371 e. The van der Waals surface area contributed by atoms with Gasteiger partial charge in [0.25, 0.3) is 5.91 Å². The summed E-state index contributed by atoms with van der Waals surface area (Å²) in [7, 11) is 0. The van der Waals surface area contributed by atoms with E-state index in [4.69, 9.17) is 0 Å². The zero-order valence-electron chi connectivity index (χ0n) is 19.9. The van der Waals surface area contributed by atoms with E-state index in [0.29, 0.717) is 22.9 Å². The summed E-state index contributed by atoms with van der Waals surface area (Å²) in [5.74, 6) is 0.584. The van der Waals surface area contributed by atoms with E-state index in [-0.39, 0.29) is 18.0 Å². The fraction of sp³-hybridized carbons (Fsp3) is 0.310. The summed E-state index contributed by atoms with van der Waals surface area (Å²) >= 11 is 0. The predicted molar refractivity (Wildman–Crippen MR) is 141 cm³/mol. The van der Waals surface area contributed by atoms with Crippen LogP contribution in [0.1, 0.15) is 41.6 Å². The molecule has 1 heterocycles. The molecular weight excluding hydrogens is 436 g/mol. The quantitative estimate of drug-likeness (QED) is 0.418. The van der Waals surface area contributed by atoms with Crippen LogP contribution in [-0.2, 0) is 6.42 Å². The maximum atomic E-state index is 13.1. The molecule has 2 aliphatic rings. The first-order chi connectivity index (χ1) is 17.1. The summed E-state index contributed by atoms with van der Waals surface area (Å²) in [5, 5.41) is 8.81. The van der Waals surface area contributed by atoms with Gasteiger partial charge in [-0.15, -0.1) is 0 Å². The average Bonchev–Trinajstić information content (AvgIpc) is 3.70. The van der Waals surface area contributed by atoms with Crippen molar-refractivity contribution in [3.63, 3.8) is 0 Å². The third kappa shape index (κ3) is 6.21. The highest BCUT2D eigenvalue weighted by Gasteiger charge is 2.27. The van der Waals surface area contributed by atoms with Gasteiger partial charge >= 0.3 is 6.03 Å². The molecule has 0 spiro atoms. The van der Waals surface area contributed by atoms with Crippen LogP contribution in [0.2, 0.25) is 0 Å². The summed E-state index contributed by atoms with van der Waals surface area (Å²) < 4.78 is 0. The van der Waals surface area contributed by atoms with Crippen molar-refractivity contribution in [1.29, 1.82) is 0 Å². The predicted octanol–water partition coefficient (Wildman–Crippen LogP) is 5.68. The SMILES string of the molecule is O=C(Nc1ccccc1)Nc1ccc(N2CCC(Cc3ccccc3)CC2)c(C(=O)NC2CC2)c1. The van der Waals surface area contributed by atoms with Gasteiger partial charge in [0.15, 0.2) is 0 Å². The van der Waals surface area contributed by atoms with Crippen LogP contribution in [0.15, 0.2) is 78.9 Å². The lowest BCUT2D eigenvalue weighted by Crippen LogP contribution is -2.36. The van der Waals surface area contributed by atoms with Gasteiger partial charge in [0.2, 0.25) is 0 Å². The lowest BCUT2D eigenvalue weighted by atomic mass is 9.89. The molecule has 3 aromatic rings. The van der Waals surface area contributed by atoms with Gasteiger partial charge in [0.1, 0.15) is 0 Å². The number of hydrogen-bond donors (Lipinski definition) is 3. The molecule has 0 unspecified atom stereocenters. The fourth-order valence-electron chi connectivity index (χ4n) is 4.70. The van der Waals surface area contributed by atoms with Crippen LogP contribution < -0.4 is 20.9 Å². The number of urea groups is 1. The number of piperidine rings is 1. The largest absolute Gasteiger partial charge is 0.371 e. The lowest BCUT2D eigenvalue weighted by Gasteiger charge is -2.35. The molecule has 0 atom stereocenters. The van der Waals surface area contributed by atoms with E-state index >= 15 is 0 Å². The molecular formula is C29H32N4O2. The van der Waals surface area contributed by atoms with E-state index in [2.05, 4.69) is 51.2 Å². The molecule has 0 bridgehead atoms. The monoisotopic (exact) mass is 468 g/mol. The second kappa shape index (κ2) is 10.6. The van der Waals surface area contributed by atoms with Crippen molar-refractivity contribution < 1.29 is 9.59 Å². The Balaban J connectivity index is 1.27. The number of amides is 3. The Labute approximate surface area is 206 Å². The highest BCUT2D eigenvalue weighted by Crippen LogP contribution is 2.31. The van der Waals surface area contributed by atoms with E-state index in [1.807, 2.05) is 42.5 Å². The van der Waals surface area contributed by atoms with Crippen LogP contribution in [0.25, 0.3) is 0 Å². The number of rotatable bonds is 7. The number of benzene rings is 3. The Morgan fingerprint density at radius 1 is 0.771 bits per heavy atom. The molecule has 3 aromatic carbocycles. The zero-order valence-corrected chi connectivity index (χ0v) is 19.9. The Morgan fingerprint density at radius 3 is 2.11 bits per heavy atom. The molecule has 0 radical (unpaired) electrons. The van der Waals surface area contributed by atoms with E-state index in [9.17, 15) is 9.59 Å². The minimum absolute atomic E-state index is 0.0685. The number of para-hydroxylation sites is 1. The number of anilines is 3. The van der Waals surface area contributed by atoms with Crippen molar-refractivity contribution in [2.24, 2.45) is 5.92 Å². The van der Waals surface area contributed by atoms with Crippen molar-refractivity contribution in [3.8, 4) is 0 Å². The average molecular weight is 469 g/mol. The zero-order chi connectivity index (χ0) is 24.0. The molecule has 3 amide bonds. The van der Waals surface area contributed by atoms with Crippen molar-refractivity contribution in [2.75, 3.05) is 28.6 Å². The van der Waals surface area contributed by atoms with E-state index in [0.717, 1.165) is 50.9 Å². The molecule has 6 heteroatoms. The molecule has 5 rings (SSSR count). The Hall–Kier alpha value is -3.80. The van der Waals surface area contributed by atoms with Gasteiger partial charge in [-0.05, 0) is 73.9 Å². The standard InChI is InChI=1S/C29H32N4O2/c34-28(30-24-11-12-24)26-20-25(32-29(35)31-23-9-5-2-6-10-23)13-14-27(26)33-17-15-22(16-18-33)19-21-7-3-1-4-8-21/h1-10,13-14,20,22,24H,11-12,15-19H2,(H,30,34)(H2,31,32,35). The summed E-state index contributed by atoms with van der Waals surface area (Å²) in [6.07, 6.45) is 5.35. The normalized spacial score (nSPS) is 15.9. The fourth-order valence-corrected chi connectivity index (χ4v) is 4.70. The van der Waals surface area contributed by atoms with Gasteiger partial charge in [-0.1, -0.05) is 48.5 Å². The summed E-state index contributed by atoms with van der Waals surface area (Å²) in [6, 6.07) is 25.5. The van der Waals surface area contributed by atoms with Gasteiger partial charge in [0, 0.05) is 36.2 Å². The van der Waals surface area contributed by atoms with E-state index in [1.165, 1.54) is 5.56 Å². The smallest absolute Gasteiger partial charge is 0.323 e. The van der Waals surface area contributed by atoms with Crippen LogP contribution in [0.3, 0.4) is 0 Å². The second-order valence-corrected chi connectivity index (χ2v) is 9.54. The summed E-state index contributed by atoms with van der Waals surface area (Å²) in [4.78, 5) is 27.9.